The minimum Gasteiger partial charge on any atom is -0.393 e. The smallest absolute Gasteiger partial charge is 0.0794 e. The van der Waals surface area contributed by atoms with Crippen molar-refractivity contribution in [2.45, 2.75) is 68.5 Å². The van der Waals surface area contributed by atoms with Gasteiger partial charge in [-0.25, -0.2) is 0 Å². The highest BCUT2D eigenvalue weighted by molar-refractivity contribution is 8.21. The van der Waals surface area contributed by atoms with Gasteiger partial charge in [-0.15, -0.1) is 36.4 Å². The average molecular weight is 403 g/mol. The fraction of sp³-hybridized carbons (Fsp3) is 0.750. The van der Waals surface area contributed by atoms with Gasteiger partial charge >= 0.3 is 0 Å². The number of rotatable bonds is 1. The standard InChI is InChI=1S/C22H32OS2.C2H2/c1-3-21-12-14(2)20-16-8-9-22(24-10-11-25-22)13-15(16)4-5-17(20)18(21)6-7-19(21)23;1-2/h13,16-20,23H,2-12H2,1H3;1-2H. The summed E-state index contributed by atoms with van der Waals surface area (Å²) >= 11 is 4.40. The molecule has 1 spiro atoms. The van der Waals surface area contributed by atoms with Gasteiger partial charge in [-0.05, 0) is 75.0 Å². The summed E-state index contributed by atoms with van der Waals surface area (Å²) in [6, 6.07) is 0. The van der Waals surface area contributed by atoms with Crippen molar-refractivity contribution < 1.29 is 5.11 Å². The van der Waals surface area contributed by atoms with Crippen LogP contribution in [-0.2, 0) is 0 Å². The summed E-state index contributed by atoms with van der Waals surface area (Å²) in [6.45, 7) is 6.93. The molecule has 4 aliphatic carbocycles. The molecule has 1 nitrogen and oxygen atoms in total. The lowest BCUT2D eigenvalue weighted by Gasteiger charge is -2.56. The van der Waals surface area contributed by atoms with Gasteiger partial charge in [0.25, 0.3) is 0 Å². The third-order valence-electron chi connectivity index (χ3n) is 8.48. The molecule has 0 radical (unpaired) electrons. The largest absolute Gasteiger partial charge is 0.393 e. The summed E-state index contributed by atoms with van der Waals surface area (Å²) < 4.78 is 0.422. The van der Waals surface area contributed by atoms with E-state index in [4.69, 9.17) is 0 Å². The monoisotopic (exact) mass is 402 g/mol. The molecule has 0 aromatic rings. The van der Waals surface area contributed by atoms with Gasteiger partial charge in [0.2, 0.25) is 0 Å². The van der Waals surface area contributed by atoms with Crippen LogP contribution < -0.4 is 0 Å². The zero-order valence-electron chi connectivity index (χ0n) is 16.7. The molecule has 4 fully saturated rings. The predicted molar refractivity (Wildman–Crippen MR) is 120 cm³/mol. The molecule has 27 heavy (non-hydrogen) atoms. The molecular formula is C24H34OS2. The molecule has 6 unspecified atom stereocenters. The van der Waals surface area contributed by atoms with E-state index in [1.807, 2.05) is 0 Å². The van der Waals surface area contributed by atoms with Crippen LogP contribution in [0, 0.1) is 41.9 Å². The summed E-state index contributed by atoms with van der Waals surface area (Å²) in [5.41, 5.74) is 3.42. The summed E-state index contributed by atoms with van der Waals surface area (Å²) in [7, 11) is 0. The van der Waals surface area contributed by atoms with Gasteiger partial charge in [0.05, 0.1) is 10.2 Å². The van der Waals surface area contributed by atoms with Gasteiger partial charge in [-0.3, -0.25) is 0 Å². The highest BCUT2D eigenvalue weighted by Gasteiger charge is 2.59. The van der Waals surface area contributed by atoms with Crippen molar-refractivity contribution in [2.24, 2.45) is 29.1 Å². The van der Waals surface area contributed by atoms with Crippen LogP contribution in [0.2, 0.25) is 0 Å². The first-order chi connectivity index (χ1) is 13.1. The Morgan fingerprint density at radius 2 is 1.93 bits per heavy atom. The van der Waals surface area contributed by atoms with Crippen LogP contribution in [0.25, 0.3) is 0 Å². The molecule has 3 saturated carbocycles. The second-order valence-corrected chi connectivity index (χ2v) is 12.3. The Labute approximate surface area is 174 Å². The maximum atomic E-state index is 10.8. The number of aliphatic hydroxyl groups excluding tert-OH is 1. The maximum absolute atomic E-state index is 10.8. The van der Waals surface area contributed by atoms with Crippen LogP contribution in [-0.4, -0.2) is 26.8 Å². The lowest BCUT2D eigenvalue weighted by molar-refractivity contribution is -0.0414. The Bertz CT molecular complexity index is 644. The van der Waals surface area contributed by atoms with Crippen molar-refractivity contribution >= 4 is 23.5 Å². The second-order valence-electron chi connectivity index (χ2n) is 9.22. The Morgan fingerprint density at radius 3 is 2.63 bits per heavy atom. The first-order valence-electron chi connectivity index (χ1n) is 10.8. The van der Waals surface area contributed by atoms with E-state index in [9.17, 15) is 5.11 Å². The molecule has 5 rings (SSSR count). The van der Waals surface area contributed by atoms with E-state index in [0.29, 0.717) is 10.00 Å². The van der Waals surface area contributed by atoms with Gasteiger partial charge in [0, 0.05) is 16.9 Å². The van der Waals surface area contributed by atoms with E-state index >= 15 is 0 Å². The average Bonchev–Trinajstić information content (AvgIpc) is 3.28. The van der Waals surface area contributed by atoms with Crippen molar-refractivity contribution in [3.63, 3.8) is 0 Å². The Morgan fingerprint density at radius 1 is 1.19 bits per heavy atom. The number of hydrogen-bond acceptors (Lipinski definition) is 3. The molecule has 5 aliphatic rings. The number of fused-ring (bicyclic) bond motifs is 5. The maximum Gasteiger partial charge on any atom is 0.0794 e. The summed E-state index contributed by atoms with van der Waals surface area (Å²) in [5.74, 6) is 5.68. The number of thioether (sulfide) groups is 2. The Kier molecular flexibility index (Phi) is 5.56. The second kappa shape index (κ2) is 7.51. The fourth-order valence-electron chi connectivity index (χ4n) is 7.43. The first kappa shape index (κ1) is 20.0. The van der Waals surface area contributed by atoms with Crippen LogP contribution in [0.4, 0.5) is 0 Å². The van der Waals surface area contributed by atoms with Crippen LogP contribution in [0.1, 0.15) is 58.3 Å². The number of terminal acetylenes is 1. The van der Waals surface area contributed by atoms with Gasteiger partial charge in [0.15, 0.2) is 0 Å². The summed E-state index contributed by atoms with van der Waals surface area (Å²) in [4.78, 5) is 0. The zero-order chi connectivity index (χ0) is 19.2. The quantitative estimate of drug-likeness (QED) is 0.435. The predicted octanol–water partition coefficient (Wildman–Crippen LogP) is 5.90. The molecule has 148 valence electrons. The third-order valence-corrected chi connectivity index (χ3v) is 11.9. The SMILES string of the molecule is C#C.C=C1CC2(CC)C(O)CCC2C2CCC3=CC4(CCC3C12)SCCS4. The molecule has 1 heterocycles. The lowest BCUT2D eigenvalue weighted by Crippen LogP contribution is -2.50. The third kappa shape index (κ3) is 2.97. The normalized spacial score (nSPS) is 44.5. The molecule has 3 heteroatoms. The molecule has 0 amide bonds. The molecule has 0 bridgehead atoms. The fourth-order valence-corrected chi connectivity index (χ4v) is 10.6. The minimum atomic E-state index is -0.0851. The summed E-state index contributed by atoms with van der Waals surface area (Å²) in [6.07, 6.45) is 20.5. The minimum absolute atomic E-state index is 0.0851. The van der Waals surface area contributed by atoms with Gasteiger partial charge < -0.3 is 5.11 Å². The van der Waals surface area contributed by atoms with Crippen molar-refractivity contribution in [3.8, 4) is 12.8 Å². The van der Waals surface area contributed by atoms with E-state index in [0.717, 1.165) is 37.0 Å². The van der Waals surface area contributed by atoms with Gasteiger partial charge in [0.1, 0.15) is 0 Å². The zero-order valence-corrected chi connectivity index (χ0v) is 18.3. The van der Waals surface area contributed by atoms with Crippen molar-refractivity contribution in [1.82, 2.24) is 0 Å². The molecule has 0 aromatic carbocycles. The molecule has 1 N–H and O–H groups in total. The van der Waals surface area contributed by atoms with Crippen molar-refractivity contribution in [3.05, 3.63) is 23.8 Å². The van der Waals surface area contributed by atoms with E-state index < -0.39 is 0 Å². The van der Waals surface area contributed by atoms with Gasteiger partial charge in [-0.2, -0.15) is 0 Å². The highest BCUT2D eigenvalue weighted by atomic mass is 32.2. The topological polar surface area (TPSA) is 20.2 Å². The van der Waals surface area contributed by atoms with Crippen molar-refractivity contribution in [1.29, 1.82) is 0 Å². The van der Waals surface area contributed by atoms with E-state index in [-0.39, 0.29) is 11.5 Å². The van der Waals surface area contributed by atoms with Crippen LogP contribution in [0.5, 0.6) is 0 Å². The van der Waals surface area contributed by atoms with E-state index in [1.54, 1.807) is 5.57 Å². The van der Waals surface area contributed by atoms with E-state index in [2.05, 4.69) is 55.9 Å². The number of aliphatic hydroxyl groups is 1. The molecular weight excluding hydrogens is 368 g/mol. The van der Waals surface area contributed by atoms with Crippen LogP contribution >= 0.6 is 23.5 Å². The summed E-state index contributed by atoms with van der Waals surface area (Å²) in [5, 5.41) is 10.8. The van der Waals surface area contributed by atoms with E-state index in [1.165, 1.54) is 49.2 Å². The first-order valence-corrected chi connectivity index (χ1v) is 12.7. The lowest BCUT2D eigenvalue weighted by atomic mass is 9.50. The van der Waals surface area contributed by atoms with Crippen LogP contribution in [0.15, 0.2) is 23.8 Å². The molecule has 1 aliphatic heterocycles. The van der Waals surface area contributed by atoms with Crippen LogP contribution in [0.3, 0.4) is 0 Å². The molecule has 0 aromatic heterocycles. The molecule has 6 atom stereocenters. The Hall–Kier alpha value is -0.300. The molecule has 1 saturated heterocycles. The highest BCUT2D eigenvalue weighted by Crippen LogP contribution is 2.65. The van der Waals surface area contributed by atoms with Gasteiger partial charge in [-0.1, -0.05) is 30.7 Å². The number of hydrogen-bond donors (Lipinski definition) is 1. The number of allylic oxidation sites excluding steroid dienone is 2. The Balaban J connectivity index is 0.000000872. The van der Waals surface area contributed by atoms with Crippen molar-refractivity contribution in [2.75, 3.05) is 11.5 Å².